The topological polar surface area (TPSA) is 12.5 Å². The van der Waals surface area contributed by atoms with E-state index in [4.69, 9.17) is 4.74 Å². The van der Waals surface area contributed by atoms with Crippen molar-refractivity contribution in [3.05, 3.63) is 0 Å². The molecular formula is C12H25NO. The first-order valence-electron chi connectivity index (χ1n) is 5.83. The Morgan fingerprint density at radius 3 is 2.29 bits per heavy atom. The smallest absolute Gasteiger partial charge is 0.0729 e. The molecule has 0 spiro atoms. The average molecular weight is 199 g/mol. The molecule has 0 unspecified atom stereocenters. The summed E-state index contributed by atoms with van der Waals surface area (Å²) in [6.45, 7) is 11.5. The molecule has 0 aromatic rings. The molecule has 1 rings (SSSR count). The van der Waals surface area contributed by atoms with Crippen LogP contribution in [0.1, 0.15) is 34.1 Å². The predicted octanol–water partition coefficient (Wildman–Crippen LogP) is 2.39. The van der Waals surface area contributed by atoms with Crippen molar-refractivity contribution in [3.8, 4) is 0 Å². The summed E-state index contributed by atoms with van der Waals surface area (Å²) in [5, 5.41) is 0. The van der Waals surface area contributed by atoms with Gasteiger partial charge < -0.3 is 4.74 Å². The molecule has 0 aromatic carbocycles. The highest BCUT2D eigenvalue weighted by Crippen LogP contribution is 2.27. The minimum Gasteiger partial charge on any atom is -0.380 e. The standard InChI is InChI=1S/C12H25NO/c1-9(2)11-6-7-13(10(3)4)8-12(11)14-5/h9-12H,6-8H2,1-5H3/t11-,12+/m1/s1. The van der Waals surface area contributed by atoms with E-state index >= 15 is 0 Å². The molecule has 0 bridgehead atoms. The normalized spacial score (nSPS) is 30.2. The van der Waals surface area contributed by atoms with Crippen molar-refractivity contribution in [3.63, 3.8) is 0 Å². The fourth-order valence-corrected chi connectivity index (χ4v) is 2.44. The molecule has 1 heterocycles. The summed E-state index contributed by atoms with van der Waals surface area (Å²) >= 11 is 0. The highest BCUT2D eigenvalue weighted by molar-refractivity contribution is 4.84. The SMILES string of the molecule is CO[C@H]1CN(C(C)C)CC[C@@H]1C(C)C. The van der Waals surface area contributed by atoms with Gasteiger partial charge in [0.1, 0.15) is 0 Å². The second kappa shape index (κ2) is 5.13. The number of ether oxygens (including phenoxy) is 1. The van der Waals surface area contributed by atoms with Gasteiger partial charge in [0.05, 0.1) is 6.10 Å². The molecule has 0 saturated carbocycles. The number of rotatable bonds is 3. The van der Waals surface area contributed by atoms with Crippen LogP contribution in [0, 0.1) is 11.8 Å². The minimum absolute atomic E-state index is 0.436. The van der Waals surface area contributed by atoms with E-state index in [1.807, 2.05) is 7.11 Å². The van der Waals surface area contributed by atoms with Gasteiger partial charge in [0.15, 0.2) is 0 Å². The first-order valence-corrected chi connectivity index (χ1v) is 5.83. The molecule has 2 atom stereocenters. The zero-order valence-corrected chi connectivity index (χ0v) is 10.3. The van der Waals surface area contributed by atoms with E-state index in [2.05, 4.69) is 32.6 Å². The van der Waals surface area contributed by atoms with Crippen LogP contribution in [0.3, 0.4) is 0 Å². The molecule has 2 nitrogen and oxygen atoms in total. The van der Waals surface area contributed by atoms with E-state index in [9.17, 15) is 0 Å². The lowest BCUT2D eigenvalue weighted by molar-refractivity contribution is -0.0352. The molecule has 1 aliphatic rings. The van der Waals surface area contributed by atoms with Crippen LogP contribution in [0.5, 0.6) is 0 Å². The predicted molar refractivity (Wildman–Crippen MR) is 60.5 cm³/mol. The highest BCUT2D eigenvalue weighted by Gasteiger charge is 2.31. The molecule has 14 heavy (non-hydrogen) atoms. The van der Waals surface area contributed by atoms with Crippen molar-refractivity contribution in [2.45, 2.75) is 46.3 Å². The number of methoxy groups -OCH3 is 1. The van der Waals surface area contributed by atoms with Crippen LogP contribution in [-0.2, 0) is 4.74 Å². The van der Waals surface area contributed by atoms with Gasteiger partial charge in [0, 0.05) is 19.7 Å². The van der Waals surface area contributed by atoms with Crippen LogP contribution >= 0.6 is 0 Å². The quantitative estimate of drug-likeness (QED) is 0.692. The van der Waals surface area contributed by atoms with E-state index in [-0.39, 0.29) is 0 Å². The van der Waals surface area contributed by atoms with E-state index < -0.39 is 0 Å². The summed E-state index contributed by atoms with van der Waals surface area (Å²) in [5.41, 5.74) is 0. The molecule has 1 fully saturated rings. The van der Waals surface area contributed by atoms with Gasteiger partial charge in [-0.15, -0.1) is 0 Å². The molecule has 0 N–H and O–H groups in total. The molecule has 2 heteroatoms. The Kier molecular flexibility index (Phi) is 4.39. The summed E-state index contributed by atoms with van der Waals surface area (Å²) in [5.74, 6) is 1.49. The van der Waals surface area contributed by atoms with Crippen LogP contribution in [0.4, 0.5) is 0 Å². The van der Waals surface area contributed by atoms with E-state index in [1.54, 1.807) is 0 Å². The summed E-state index contributed by atoms with van der Waals surface area (Å²) in [7, 11) is 1.85. The third-order valence-electron chi connectivity index (χ3n) is 3.53. The van der Waals surface area contributed by atoms with Crippen LogP contribution < -0.4 is 0 Å². The lowest BCUT2D eigenvalue weighted by atomic mass is 9.84. The van der Waals surface area contributed by atoms with Crippen molar-refractivity contribution in [2.24, 2.45) is 11.8 Å². The Balaban J connectivity index is 2.54. The molecular weight excluding hydrogens is 174 g/mol. The van der Waals surface area contributed by atoms with Crippen LogP contribution in [0.2, 0.25) is 0 Å². The Bertz CT molecular complexity index is 168. The molecule has 0 amide bonds. The lowest BCUT2D eigenvalue weighted by Crippen LogP contribution is -2.48. The summed E-state index contributed by atoms with van der Waals surface area (Å²) < 4.78 is 5.60. The zero-order chi connectivity index (χ0) is 10.7. The van der Waals surface area contributed by atoms with Crippen molar-refractivity contribution in [1.29, 1.82) is 0 Å². The first-order chi connectivity index (χ1) is 6.56. The van der Waals surface area contributed by atoms with Crippen LogP contribution in [0.25, 0.3) is 0 Å². The molecule has 84 valence electrons. The third kappa shape index (κ3) is 2.71. The number of nitrogens with zero attached hydrogens (tertiary/aromatic N) is 1. The van der Waals surface area contributed by atoms with Gasteiger partial charge in [-0.25, -0.2) is 0 Å². The van der Waals surface area contributed by atoms with E-state index in [1.165, 1.54) is 13.0 Å². The first kappa shape index (κ1) is 12.0. The largest absolute Gasteiger partial charge is 0.380 e. The fraction of sp³-hybridized carbons (Fsp3) is 1.00. The Labute approximate surface area is 88.6 Å². The van der Waals surface area contributed by atoms with E-state index in [0.717, 1.165) is 18.4 Å². The Morgan fingerprint density at radius 2 is 1.86 bits per heavy atom. The Hall–Kier alpha value is -0.0800. The van der Waals surface area contributed by atoms with Gasteiger partial charge in [-0.05, 0) is 38.6 Å². The van der Waals surface area contributed by atoms with Gasteiger partial charge >= 0.3 is 0 Å². The average Bonchev–Trinajstić information content (AvgIpc) is 2.16. The molecule has 0 aromatic heterocycles. The molecule has 0 radical (unpaired) electrons. The van der Waals surface area contributed by atoms with Crippen molar-refractivity contribution < 1.29 is 4.74 Å². The summed E-state index contributed by atoms with van der Waals surface area (Å²) in [6.07, 6.45) is 1.72. The minimum atomic E-state index is 0.436. The van der Waals surface area contributed by atoms with Gasteiger partial charge in [-0.2, -0.15) is 0 Å². The van der Waals surface area contributed by atoms with Gasteiger partial charge in [0.2, 0.25) is 0 Å². The summed E-state index contributed by atoms with van der Waals surface area (Å²) in [4.78, 5) is 2.52. The van der Waals surface area contributed by atoms with Gasteiger partial charge in [-0.3, -0.25) is 4.90 Å². The second-order valence-electron chi connectivity index (χ2n) is 5.06. The van der Waals surface area contributed by atoms with E-state index in [0.29, 0.717) is 12.1 Å². The monoisotopic (exact) mass is 199 g/mol. The Morgan fingerprint density at radius 1 is 1.21 bits per heavy atom. The number of piperidine rings is 1. The lowest BCUT2D eigenvalue weighted by Gasteiger charge is -2.41. The molecule has 0 aliphatic carbocycles. The van der Waals surface area contributed by atoms with Crippen LogP contribution in [0.15, 0.2) is 0 Å². The third-order valence-corrected chi connectivity index (χ3v) is 3.53. The maximum atomic E-state index is 5.60. The van der Waals surface area contributed by atoms with Gasteiger partial charge in [-0.1, -0.05) is 13.8 Å². The number of hydrogen-bond acceptors (Lipinski definition) is 2. The highest BCUT2D eigenvalue weighted by atomic mass is 16.5. The van der Waals surface area contributed by atoms with Crippen molar-refractivity contribution >= 4 is 0 Å². The maximum absolute atomic E-state index is 5.60. The number of hydrogen-bond donors (Lipinski definition) is 0. The molecule has 1 saturated heterocycles. The zero-order valence-electron chi connectivity index (χ0n) is 10.3. The molecule has 1 aliphatic heterocycles. The van der Waals surface area contributed by atoms with Crippen LogP contribution in [-0.4, -0.2) is 37.2 Å². The van der Waals surface area contributed by atoms with Gasteiger partial charge in [0.25, 0.3) is 0 Å². The van der Waals surface area contributed by atoms with Crippen molar-refractivity contribution in [2.75, 3.05) is 20.2 Å². The van der Waals surface area contributed by atoms with Crippen molar-refractivity contribution in [1.82, 2.24) is 4.90 Å². The number of likely N-dealkylation sites (tertiary alicyclic amines) is 1. The maximum Gasteiger partial charge on any atom is 0.0729 e. The fourth-order valence-electron chi connectivity index (χ4n) is 2.44. The summed E-state index contributed by atoms with van der Waals surface area (Å²) in [6, 6.07) is 0.653. The second-order valence-corrected chi connectivity index (χ2v) is 5.06.